The molecule has 25 heavy (non-hydrogen) atoms. The highest BCUT2D eigenvalue weighted by Crippen LogP contribution is 2.31. The summed E-state index contributed by atoms with van der Waals surface area (Å²) in [6.07, 6.45) is 0. The quantitative estimate of drug-likeness (QED) is 0.689. The third kappa shape index (κ3) is 4.10. The Labute approximate surface area is 153 Å². The van der Waals surface area contributed by atoms with Gasteiger partial charge in [0.2, 0.25) is 5.91 Å². The van der Waals surface area contributed by atoms with Gasteiger partial charge < -0.3 is 15.0 Å². The van der Waals surface area contributed by atoms with Crippen LogP contribution in [0.4, 0.5) is 0 Å². The van der Waals surface area contributed by atoms with Crippen LogP contribution in [0.25, 0.3) is 10.9 Å². The van der Waals surface area contributed by atoms with Crippen molar-refractivity contribution in [2.24, 2.45) is 5.92 Å². The normalized spacial score (nSPS) is 11.9. The summed E-state index contributed by atoms with van der Waals surface area (Å²) >= 11 is 7.79. The van der Waals surface area contributed by atoms with E-state index in [9.17, 15) is 4.79 Å². The van der Waals surface area contributed by atoms with Gasteiger partial charge in [0.1, 0.15) is 18.3 Å². The number of H-pyrrole nitrogens is 1. The van der Waals surface area contributed by atoms with Crippen LogP contribution in [0.2, 0.25) is 5.02 Å². The number of aromatic nitrogens is 2. The van der Waals surface area contributed by atoms with Gasteiger partial charge >= 0.3 is 0 Å². The Hall–Kier alpha value is -2.56. The van der Waals surface area contributed by atoms with E-state index in [4.69, 9.17) is 21.6 Å². The van der Waals surface area contributed by atoms with Crippen molar-refractivity contribution in [3.05, 3.63) is 45.5 Å². The van der Waals surface area contributed by atoms with Crippen LogP contribution in [-0.4, -0.2) is 15.9 Å². The van der Waals surface area contributed by atoms with Crippen LogP contribution in [0.3, 0.4) is 0 Å². The molecule has 6 nitrogen and oxygen atoms in total. The SMILES string of the molecule is CC(C#N)C(=O)NCc1cc2cc(Cl)c(OCc3cscn3)cc2[nH]1. The molecule has 1 atom stereocenters. The number of nitrogens with one attached hydrogen (secondary N) is 2. The second-order valence-corrected chi connectivity index (χ2v) is 6.63. The maximum atomic E-state index is 11.7. The molecule has 0 bridgehead atoms. The topological polar surface area (TPSA) is 90.8 Å². The molecular formula is C17H15ClN4O2S. The zero-order valence-corrected chi connectivity index (χ0v) is 14.9. The molecule has 0 aliphatic heterocycles. The predicted molar refractivity (Wildman–Crippen MR) is 96.4 cm³/mol. The minimum absolute atomic E-state index is 0.300. The second kappa shape index (κ2) is 7.55. The average molecular weight is 375 g/mol. The Morgan fingerprint density at radius 3 is 3.08 bits per heavy atom. The number of carbonyl (C=O) groups excluding carboxylic acids is 1. The molecule has 2 heterocycles. The fourth-order valence-electron chi connectivity index (χ4n) is 2.25. The third-order valence-electron chi connectivity index (χ3n) is 3.63. The fourth-order valence-corrected chi connectivity index (χ4v) is 3.02. The van der Waals surface area contributed by atoms with E-state index < -0.39 is 5.92 Å². The Morgan fingerprint density at radius 2 is 2.36 bits per heavy atom. The molecule has 0 radical (unpaired) electrons. The highest BCUT2D eigenvalue weighted by molar-refractivity contribution is 7.07. The van der Waals surface area contributed by atoms with Gasteiger partial charge in [-0.2, -0.15) is 5.26 Å². The number of halogens is 1. The van der Waals surface area contributed by atoms with Crippen molar-refractivity contribution in [3.63, 3.8) is 0 Å². The van der Waals surface area contributed by atoms with Gasteiger partial charge in [0.25, 0.3) is 0 Å². The summed E-state index contributed by atoms with van der Waals surface area (Å²) in [4.78, 5) is 19.1. The van der Waals surface area contributed by atoms with Crippen molar-refractivity contribution in [2.45, 2.75) is 20.1 Å². The highest BCUT2D eigenvalue weighted by atomic mass is 35.5. The molecule has 1 amide bonds. The lowest BCUT2D eigenvalue weighted by atomic mass is 10.2. The summed E-state index contributed by atoms with van der Waals surface area (Å²) in [7, 11) is 0. The van der Waals surface area contributed by atoms with Gasteiger partial charge in [-0.25, -0.2) is 4.98 Å². The van der Waals surface area contributed by atoms with Gasteiger partial charge in [-0.15, -0.1) is 11.3 Å². The number of carbonyl (C=O) groups is 1. The lowest BCUT2D eigenvalue weighted by Gasteiger charge is -2.06. The van der Waals surface area contributed by atoms with Crippen LogP contribution >= 0.6 is 22.9 Å². The highest BCUT2D eigenvalue weighted by Gasteiger charge is 2.12. The first-order chi connectivity index (χ1) is 12.1. The van der Waals surface area contributed by atoms with Crippen LogP contribution in [0.5, 0.6) is 5.75 Å². The number of hydrogen-bond acceptors (Lipinski definition) is 5. The number of thiazole rings is 1. The number of rotatable bonds is 6. The number of nitrogens with zero attached hydrogens (tertiary/aromatic N) is 2. The van der Waals surface area contributed by atoms with Gasteiger partial charge in [-0.3, -0.25) is 4.79 Å². The molecule has 0 spiro atoms. The Kier molecular flexibility index (Phi) is 5.22. The van der Waals surface area contributed by atoms with E-state index in [0.717, 1.165) is 22.3 Å². The maximum absolute atomic E-state index is 11.7. The predicted octanol–water partition coefficient (Wildman–Crippen LogP) is 3.63. The van der Waals surface area contributed by atoms with Gasteiger partial charge in [0.05, 0.1) is 28.8 Å². The Morgan fingerprint density at radius 1 is 1.52 bits per heavy atom. The van der Waals surface area contributed by atoms with Crippen LogP contribution in [-0.2, 0) is 17.9 Å². The summed E-state index contributed by atoms with van der Waals surface area (Å²) < 4.78 is 5.73. The molecule has 0 saturated heterocycles. The average Bonchev–Trinajstić information content (AvgIpc) is 3.25. The summed E-state index contributed by atoms with van der Waals surface area (Å²) in [6.45, 7) is 2.23. The van der Waals surface area contributed by atoms with E-state index in [0.29, 0.717) is 23.9 Å². The summed E-state index contributed by atoms with van der Waals surface area (Å²) in [5.41, 5.74) is 4.28. The van der Waals surface area contributed by atoms with Gasteiger partial charge in [0, 0.05) is 28.0 Å². The first-order valence-electron chi connectivity index (χ1n) is 7.55. The first-order valence-corrected chi connectivity index (χ1v) is 8.87. The summed E-state index contributed by atoms with van der Waals surface area (Å²) in [5, 5.41) is 14.8. The van der Waals surface area contributed by atoms with E-state index in [1.54, 1.807) is 12.4 Å². The van der Waals surface area contributed by atoms with Gasteiger partial charge in [0.15, 0.2) is 0 Å². The lowest BCUT2D eigenvalue weighted by Crippen LogP contribution is -2.27. The molecular weight excluding hydrogens is 360 g/mol. The first kappa shape index (κ1) is 17.3. The number of ether oxygens (including phenoxy) is 1. The van der Waals surface area contributed by atoms with E-state index in [-0.39, 0.29) is 5.91 Å². The zero-order chi connectivity index (χ0) is 17.8. The summed E-state index contributed by atoms with van der Waals surface area (Å²) in [6, 6.07) is 7.45. The van der Waals surface area contributed by atoms with Crippen molar-refractivity contribution in [1.82, 2.24) is 15.3 Å². The number of aromatic amines is 1. The number of hydrogen-bond donors (Lipinski definition) is 2. The van der Waals surface area contributed by atoms with Crippen molar-refractivity contribution in [1.29, 1.82) is 5.26 Å². The van der Waals surface area contributed by atoms with Crippen LogP contribution in [0.1, 0.15) is 18.3 Å². The van der Waals surface area contributed by atoms with E-state index in [2.05, 4.69) is 15.3 Å². The summed E-state index contributed by atoms with van der Waals surface area (Å²) in [5.74, 6) is -0.409. The molecule has 1 aromatic carbocycles. The number of nitriles is 1. The molecule has 0 aliphatic carbocycles. The minimum Gasteiger partial charge on any atom is -0.486 e. The zero-order valence-electron chi connectivity index (χ0n) is 13.4. The smallest absolute Gasteiger partial charge is 0.237 e. The van der Waals surface area contributed by atoms with Crippen molar-refractivity contribution < 1.29 is 9.53 Å². The minimum atomic E-state index is -0.676. The van der Waals surface area contributed by atoms with Crippen LogP contribution < -0.4 is 10.1 Å². The molecule has 0 aliphatic rings. The van der Waals surface area contributed by atoms with Crippen LogP contribution in [0, 0.1) is 17.2 Å². The molecule has 3 aromatic rings. The third-order valence-corrected chi connectivity index (χ3v) is 4.56. The molecule has 2 N–H and O–H groups in total. The number of amides is 1. The van der Waals surface area contributed by atoms with Gasteiger partial charge in [-0.05, 0) is 19.1 Å². The largest absolute Gasteiger partial charge is 0.486 e. The molecule has 128 valence electrons. The van der Waals surface area contributed by atoms with Crippen molar-refractivity contribution in [3.8, 4) is 11.8 Å². The molecule has 1 unspecified atom stereocenters. The maximum Gasteiger partial charge on any atom is 0.237 e. The molecule has 8 heteroatoms. The fraction of sp³-hybridized carbons (Fsp3) is 0.235. The second-order valence-electron chi connectivity index (χ2n) is 5.50. The Bertz CT molecular complexity index is 930. The monoisotopic (exact) mass is 374 g/mol. The van der Waals surface area contributed by atoms with Crippen molar-refractivity contribution in [2.75, 3.05) is 0 Å². The lowest BCUT2D eigenvalue weighted by molar-refractivity contribution is -0.123. The molecule has 0 saturated carbocycles. The number of fused-ring (bicyclic) bond motifs is 1. The van der Waals surface area contributed by atoms with E-state index in [1.165, 1.54) is 11.3 Å². The van der Waals surface area contributed by atoms with Gasteiger partial charge in [-0.1, -0.05) is 11.6 Å². The molecule has 2 aromatic heterocycles. The van der Waals surface area contributed by atoms with E-state index in [1.807, 2.05) is 29.6 Å². The number of benzene rings is 1. The molecule has 3 rings (SSSR count). The van der Waals surface area contributed by atoms with Crippen LogP contribution in [0.15, 0.2) is 29.1 Å². The van der Waals surface area contributed by atoms with E-state index >= 15 is 0 Å². The Balaban J connectivity index is 1.72. The van der Waals surface area contributed by atoms with Crippen molar-refractivity contribution >= 4 is 39.7 Å². The standard InChI is InChI=1S/C17H15ClN4O2S/c1-10(5-19)17(23)20-6-12-2-11-3-14(18)16(4-15(11)22-12)24-7-13-8-25-9-21-13/h2-4,8-10,22H,6-7H2,1H3,(H,20,23). The molecule has 0 fully saturated rings.